The topological polar surface area (TPSA) is 38.3 Å². The summed E-state index contributed by atoms with van der Waals surface area (Å²) in [6.45, 7) is 4.56. The van der Waals surface area contributed by atoms with Gasteiger partial charge < -0.3 is 10.1 Å². The molecule has 14 heavy (non-hydrogen) atoms. The average Bonchev–Trinajstić information content (AvgIpc) is 2.61. The molecule has 1 aliphatic carbocycles. The van der Waals surface area contributed by atoms with Crippen LogP contribution in [0.4, 0.5) is 0 Å². The summed E-state index contributed by atoms with van der Waals surface area (Å²) in [5.74, 6) is 1.55. The molecule has 0 aromatic heterocycles. The Kier molecular flexibility index (Phi) is 3.06. The number of ether oxygens (including phenoxy) is 1. The van der Waals surface area contributed by atoms with Gasteiger partial charge in [-0.2, -0.15) is 0 Å². The quantitative estimate of drug-likeness (QED) is 0.676. The molecule has 1 heterocycles. The molecule has 80 valence electrons. The van der Waals surface area contributed by atoms with E-state index in [1.807, 2.05) is 6.92 Å². The van der Waals surface area contributed by atoms with Gasteiger partial charge in [0.1, 0.15) is 0 Å². The van der Waals surface area contributed by atoms with Gasteiger partial charge in [0.05, 0.1) is 12.5 Å². The van der Waals surface area contributed by atoms with Crippen molar-refractivity contribution in [2.24, 2.45) is 17.8 Å². The highest BCUT2D eigenvalue weighted by atomic mass is 16.5. The first-order valence-electron chi connectivity index (χ1n) is 5.70. The maximum absolute atomic E-state index is 11.7. The van der Waals surface area contributed by atoms with Gasteiger partial charge in [-0.1, -0.05) is 0 Å². The van der Waals surface area contributed by atoms with Crippen LogP contribution in [0, 0.1) is 17.8 Å². The minimum atomic E-state index is 0.0434. The zero-order valence-corrected chi connectivity index (χ0v) is 8.79. The van der Waals surface area contributed by atoms with Crippen molar-refractivity contribution in [1.29, 1.82) is 0 Å². The van der Waals surface area contributed by atoms with E-state index in [1.54, 1.807) is 0 Å². The van der Waals surface area contributed by atoms with E-state index in [-0.39, 0.29) is 11.9 Å². The Labute approximate surface area is 85.2 Å². The normalized spacial score (nSPS) is 36.5. The van der Waals surface area contributed by atoms with Crippen molar-refractivity contribution in [2.75, 3.05) is 19.7 Å². The number of esters is 1. The number of nitrogens with one attached hydrogen (secondary N) is 1. The molecular formula is C11H19NO2. The zero-order valence-electron chi connectivity index (χ0n) is 8.79. The van der Waals surface area contributed by atoms with Crippen LogP contribution in [0.25, 0.3) is 0 Å². The van der Waals surface area contributed by atoms with Crippen LogP contribution in [-0.4, -0.2) is 25.7 Å². The first kappa shape index (κ1) is 9.97. The lowest BCUT2D eigenvalue weighted by molar-refractivity contribution is -0.149. The Hall–Kier alpha value is -0.570. The van der Waals surface area contributed by atoms with E-state index in [1.165, 1.54) is 6.42 Å². The van der Waals surface area contributed by atoms with Crippen molar-refractivity contribution in [2.45, 2.75) is 26.2 Å². The summed E-state index contributed by atoms with van der Waals surface area (Å²) >= 11 is 0. The minimum absolute atomic E-state index is 0.0434. The number of carbonyl (C=O) groups is 1. The summed E-state index contributed by atoms with van der Waals surface area (Å²) in [4.78, 5) is 11.7. The molecule has 3 nitrogen and oxygen atoms in total. The average molecular weight is 197 g/mol. The van der Waals surface area contributed by atoms with Gasteiger partial charge in [-0.15, -0.1) is 0 Å². The minimum Gasteiger partial charge on any atom is -0.466 e. The Balaban J connectivity index is 1.96. The van der Waals surface area contributed by atoms with Gasteiger partial charge in [-0.05, 0) is 51.1 Å². The van der Waals surface area contributed by atoms with Crippen molar-refractivity contribution in [3.63, 3.8) is 0 Å². The monoisotopic (exact) mass is 197 g/mol. The first-order valence-corrected chi connectivity index (χ1v) is 5.70. The second kappa shape index (κ2) is 4.30. The number of rotatable bonds is 2. The lowest BCUT2D eigenvalue weighted by Gasteiger charge is -2.28. The Morgan fingerprint density at radius 1 is 1.43 bits per heavy atom. The standard InChI is InChI=1S/C11H19NO2/c1-2-14-11(13)10-4-3-8-7-12-6-5-9(8)10/h8-10,12H,2-7H2,1H3. The number of hydrogen-bond acceptors (Lipinski definition) is 3. The van der Waals surface area contributed by atoms with Gasteiger partial charge in [0, 0.05) is 0 Å². The highest BCUT2D eigenvalue weighted by Gasteiger charge is 2.41. The van der Waals surface area contributed by atoms with E-state index in [0.717, 1.165) is 31.8 Å². The molecule has 3 heteroatoms. The van der Waals surface area contributed by atoms with E-state index < -0.39 is 0 Å². The maximum Gasteiger partial charge on any atom is 0.309 e. The smallest absolute Gasteiger partial charge is 0.309 e. The number of piperidine rings is 1. The lowest BCUT2D eigenvalue weighted by atomic mass is 9.84. The van der Waals surface area contributed by atoms with Crippen molar-refractivity contribution < 1.29 is 9.53 Å². The van der Waals surface area contributed by atoms with Gasteiger partial charge in [-0.3, -0.25) is 4.79 Å². The van der Waals surface area contributed by atoms with E-state index in [4.69, 9.17) is 4.74 Å². The summed E-state index contributed by atoms with van der Waals surface area (Å²) < 4.78 is 5.12. The van der Waals surface area contributed by atoms with Gasteiger partial charge in [0.25, 0.3) is 0 Å². The highest BCUT2D eigenvalue weighted by Crippen LogP contribution is 2.40. The first-order chi connectivity index (χ1) is 6.83. The lowest BCUT2D eigenvalue weighted by Crippen LogP contribution is -2.37. The van der Waals surface area contributed by atoms with Gasteiger partial charge in [-0.25, -0.2) is 0 Å². The molecular weight excluding hydrogens is 178 g/mol. The predicted octanol–water partition coefficient (Wildman–Crippen LogP) is 1.19. The Bertz CT molecular complexity index is 217. The van der Waals surface area contributed by atoms with Crippen molar-refractivity contribution in [1.82, 2.24) is 5.32 Å². The molecule has 0 bridgehead atoms. The van der Waals surface area contributed by atoms with Crippen LogP contribution >= 0.6 is 0 Å². The van der Waals surface area contributed by atoms with Gasteiger partial charge in [0.15, 0.2) is 0 Å². The van der Waals surface area contributed by atoms with Gasteiger partial charge in [0.2, 0.25) is 0 Å². The molecule has 2 aliphatic rings. The van der Waals surface area contributed by atoms with Crippen molar-refractivity contribution in [3.05, 3.63) is 0 Å². The summed E-state index contributed by atoms with van der Waals surface area (Å²) in [6, 6.07) is 0. The molecule has 3 unspecified atom stereocenters. The third-order valence-electron chi connectivity index (χ3n) is 3.62. The largest absolute Gasteiger partial charge is 0.466 e. The summed E-state index contributed by atoms with van der Waals surface area (Å²) in [6.07, 6.45) is 3.38. The fourth-order valence-electron chi connectivity index (χ4n) is 2.94. The molecule has 2 fully saturated rings. The number of hydrogen-bond donors (Lipinski definition) is 1. The van der Waals surface area contributed by atoms with Crippen LogP contribution in [0.3, 0.4) is 0 Å². The van der Waals surface area contributed by atoms with E-state index in [0.29, 0.717) is 12.5 Å². The molecule has 1 aliphatic heterocycles. The van der Waals surface area contributed by atoms with Gasteiger partial charge >= 0.3 is 5.97 Å². The molecule has 0 spiro atoms. The maximum atomic E-state index is 11.7. The third kappa shape index (κ3) is 1.78. The fourth-order valence-corrected chi connectivity index (χ4v) is 2.94. The second-order valence-electron chi connectivity index (χ2n) is 4.35. The molecule has 0 aromatic carbocycles. The van der Waals surface area contributed by atoms with E-state index >= 15 is 0 Å². The van der Waals surface area contributed by atoms with Crippen molar-refractivity contribution >= 4 is 5.97 Å². The number of fused-ring (bicyclic) bond motifs is 1. The Morgan fingerprint density at radius 3 is 3.07 bits per heavy atom. The second-order valence-corrected chi connectivity index (χ2v) is 4.35. The molecule has 1 N–H and O–H groups in total. The number of carbonyl (C=O) groups excluding carboxylic acids is 1. The fraction of sp³-hybridized carbons (Fsp3) is 0.909. The van der Waals surface area contributed by atoms with Crippen LogP contribution in [0.1, 0.15) is 26.2 Å². The molecule has 3 atom stereocenters. The molecule has 2 rings (SSSR count). The van der Waals surface area contributed by atoms with Crippen LogP contribution in [-0.2, 0) is 9.53 Å². The van der Waals surface area contributed by atoms with Crippen LogP contribution in [0.2, 0.25) is 0 Å². The summed E-state index contributed by atoms with van der Waals surface area (Å²) in [5, 5.41) is 3.40. The summed E-state index contributed by atoms with van der Waals surface area (Å²) in [5.41, 5.74) is 0. The zero-order chi connectivity index (χ0) is 9.97. The van der Waals surface area contributed by atoms with E-state index in [9.17, 15) is 4.79 Å². The molecule has 1 saturated heterocycles. The van der Waals surface area contributed by atoms with Crippen LogP contribution < -0.4 is 5.32 Å². The SMILES string of the molecule is CCOC(=O)C1CCC2CNCCC21. The molecule has 0 amide bonds. The molecule has 1 saturated carbocycles. The van der Waals surface area contributed by atoms with Crippen molar-refractivity contribution in [3.8, 4) is 0 Å². The summed E-state index contributed by atoms with van der Waals surface area (Å²) in [7, 11) is 0. The van der Waals surface area contributed by atoms with Crippen LogP contribution in [0.15, 0.2) is 0 Å². The molecule has 0 radical (unpaired) electrons. The van der Waals surface area contributed by atoms with E-state index in [2.05, 4.69) is 5.32 Å². The highest BCUT2D eigenvalue weighted by molar-refractivity contribution is 5.73. The molecule has 0 aromatic rings. The van der Waals surface area contributed by atoms with Crippen LogP contribution in [0.5, 0.6) is 0 Å². The third-order valence-corrected chi connectivity index (χ3v) is 3.62. The predicted molar refractivity (Wildman–Crippen MR) is 53.8 cm³/mol. The Morgan fingerprint density at radius 2 is 2.29 bits per heavy atom.